The van der Waals surface area contributed by atoms with Gasteiger partial charge in [0.15, 0.2) is 0 Å². The molecule has 0 atom stereocenters. The molecule has 3 aromatic heterocycles. The maximum Gasteiger partial charge on any atom is 0.212 e. The fourth-order valence-corrected chi connectivity index (χ4v) is 3.35. The first-order valence-electron chi connectivity index (χ1n) is 8.53. The Kier molecular flexibility index (Phi) is 4.56. The molecule has 0 unspecified atom stereocenters. The van der Waals surface area contributed by atoms with Crippen LogP contribution >= 0.6 is 0 Å². The number of aliphatic hydroxyl groups excluding tert-OH is 1. The Morgan fingerprint density at radius 1 is 1.11 bits per heavy atom. The third-order valence-corrected chi connectivity index (χ3v) is 4.54. The molecule has 0 bridgehead atoms. The van der Waals surface area contributed by atoms with Gasteiger partial charge in [-0.2, -0.15) is 0 Å². The van der Waals surface area contributed by atoms with Gasteiger partial charge >= 0.3 is 0 Å². The van der Waals surface area contributed by atoms with Crippen LogP contribution in [-0.2, 0) is 13.2 Å². The predicted molar refractivity (Wildman–Crippen MR) is 101 cm³/mol. The second kappa shape index (κ2) is 7.17. The van der Waals surface area contributed by atoms with Crippen molar-refractivity contribution in [1.29, 1.82) is 0 Å². The zero-order valence-corrected chi connectivity index (χ0v) is 14.8. The quantitative estimate of drug-likeness (QED) is 0.586. The van der Waals surface area contributed by atoms with E-state index in [1.165, 1.54) is 12.1 Å². The number of pyridine rings is 2. The van der Waals surface area contributed by atoms with Crippen LogP contribution in [0.4, 0.5) is 4.39 Å². The van der Waals surface area contributed by atoms with Gasteiger partial charge in [-0.25, -0.2) is 14.4 Å². The molecule has 0 spiro atoms. The van der Waals surface area contributed by atoms with Crippen molar-refractivity contribution in [2.75, 3.05) is 7.11 Å². The minimum Gasteiger partial charge on any atom is -0.481 e. The molecule has 0 amide bonds. The molecular weight excluding hydrogens is 345 g/mol. The van der Waals surface area contributed by atoms with E-state index in [1.807, 2.05) is 28.8 Å². The van der Waals surface area contributed by atoms with Crippen LogP contribution < -0.4 is 4.74 Å². The van der Waals surface area contributed by atoms with Crippen molar-refractivity contribution in [3.8, 4) is 17.0 Å². The van der Waals surface area contributed by atoms with Crippen LogP contribution in [0.25, 0.3) is 22.2 Å². The van der Waals surface area contributed by atoms with Gasteiger partial charge in [0.1, 0.15) is 11.5 Å². The van der Waals surface area contributed by atoms with E-state index in [2.05, 4.69) is 9.97 Å². The third-order valence-electron chi connectivity index (χ3n) is 4.54. The Labute approximate surface area is 155 Å². The smallest absolute Gasteiger partial charge is 0.212 e. The van der Waals surface area contributed by atoms with Crippen molar-refractivity contribution in [2.45, 2.75) is 13.2 Å². The lowest BCUT2D eigenvalue weighted by atomic mass is 10.0. The van der Waals surface area contributed by atoms with Gasteiger partial charge in [0.25, 0.3) is 0 Å². The zero-order valence-electron chi connectivity index (χ0n) is 14.8. The highest BCUT2D eigenvalue weighted by Crippen LogP contribution is 2.35. The fourth-order valence-electron chi connectivity index (χ4n) is 3.35. The molecule has 0 aliphatic rings. The summed E-state index contributed by atoms with van der Waals surface area (Å²) in [6, 6.07) is 13.9. The summed E-state index contributed by atoms with van der Waals surface area (Å²) in [5, 5.41) is 11.0. The summed E-state index contributed by atoms with van der Waals surface area (Å²) in [7, 11) is 1.57. The standard InChI is InChI=1S/C21H18FN3O2/c1-27-19-8-7-15(11-24-19)20-17-6-3-9-23-21(17)25(18(20)13-26)12-14-4-2-5-16(22)10-14/h2-11,26H,12-13H2,1H3. The van der Waals surface area contributed by atoms with Gasteiger partial charge < -0.3 is 14.4 Å². The Morgan fingerprint density at radius 3 is 2.70 bits per heavy atom. The number of halogens is 1. The zero-order chi connectivity index (χ0) is 18.8. The molecule has 0 saturated heterocycles. The van der Waals surface area contributed by atoms with Gasteiger partial charge in [-0.15, -0.1) is 0 Å². The summed E-state index contributed by atoms with van der Waals surface area (Å²) in [6.07, 6.45) is 3.42. The number of rotatable bonds is 5. The fraction of sp³-hybridized carbons (Fsp3) is 0.143. The Balaban J connectivity index is 1.91. The summed E-state index contributed by atoms with van der Waals surface area (Å²) in [4.78, 5) is 8.78. The number of aromatic nitrogens is 3. The van der Waals surface area contributed by atoms with Crippen LogP contribution in [0.3, 0.4) is 0 Å². The number of fused-ring (bicyclic) bond motifs is 1. The molecule has 4 rings (SSSR count). The van der Waals surface area contributed by atoms with Gasteiger partial charge in [0, 0.05) is 41.5 Å². The van der Waals surface area contributed by atoms with E-state index in [4.69, 9.17) is 4.74 Å². The lowest BCUT2D eigenvalue weighted by molar-refractivity contribution is 0.273. The van der Waals surface area contributed by atoms with Crippen LogP contribution in [0.15, 0.2) is 60.9 Å². The molecule has 1 aromatic carbocycles. The Hall–Kier alpha value is -3.25. The van der Waals surface area contributed by atoms with E-state index in [9.17, 15) is 9.50 Å². The van der Waals surface area contributed by atoms with Gasteiger partial charge in [0.05, 0.1) is 19.4 Å². The molecule has 4 aromatic rings. The molecule has 3 heterocycles. The molecule has 1 N–H and O–H groups in total. The predicted octanol–water partition coefficient (Wildman–Crippen LogP) is 3.79. The third kappa shape index (κ3) is 3.15. The van der Waals surface area contributed by atoms with Crippen LogP contribution in [-0.4, -0.2) is 26.8 Å². The minimum absolute atomic E-state index is 0.174. The Bertz CT molecular complexity index is 1090. The SMILES string of the molecule is COc1ccc(-c2c(CO)n(Cc3cccc(F)c3)c3ncccc23)cn1. The first-order chi connectivity index (χ1) is 13.2. The van der Waals surface area contributed by atoms with Gasteiger partial charge in [-0.3, -0.25) is 0 Å². The second-order valence-electron chi connectivity index (χ2n) is 6.16. The summed E-state index contributed by atoms with van der Waals surface area (Å²) in [5.74, 6) is 0.230. The topological polar surface area (TPSA) is 60.2 Å². The van der Waals surface area contributed by atoms with Crippen LogP contribution in [0.2, 0.25) is 0 Å². The normalized spacial score (nSPS) is 11.1. The summed E-state index contributed by atoms with van der Waals surface area (Å²) < 4.78 is 20.7. The van der Waals surface area contributed by atoms with E-state index < -0.39 is 0 Å². The van der Waals surface area contributed by atoms with Crippen molar-refractivity contribution in [1.82, 2.24) is 14.5 Å². The minimum atomic E-state index is -0.290. The summed E-state index contributed by atoms with van der Waals surface area (Å²) in [6.45, 7) is 0.234. The monoisotopic (exact) mass is 363 g/mol. The molecule has 27 heavy (non-hydrogen) atoms. The van der Waals surface area contributed by atoms with Crippen molar-refractivity contribution >= 4 is 11.0 Å². The van der Waals surface area contributed by atoms with Crippen molar-refractivity contribution in [2.24, 2.45) is 0 Å². The van der Waals surface area contributed by atoms with Crippen molar-refractivity contribution in [3.63, 3.8) is 0 Å². The first-order valence-corrected chi connectivity index (χ1v) is 8.53. The first kappa shape index (κ1) is 17.2. The van der Waals surface area contributed by atoms with E-state index in [1.54, 1.807) is 31.6 Å². The lowest BCUT2D eigenvalue weighted by Crippen LogP contribution is -2.06. The average molecular weight is 363 g/mol. The molecule has 0 fully saturated rings. The van der Waals surface area contributed by atoms with E-state index in [0.717, 1.165) is 27.7 Å². The average Bonchev–Trinajstić information content (AvgIpc) is 3.01. The highest BCUT2D eigenvalue weighted by atomic mass is 19.1. The van der Waals surface area contributed by atoms with Gasteiger partial charge in [0.2, 0.25) is 5.88 Å². The number of hydrogen-bond donors (Lipinski definition) is 1. The summed E-state index contributed by atoms with van der Waals surface area (Å²) in [5.41, 5.74) is 3.96. The molecule has 5 nitrogen and oxygen atoms in total. The van der Waals surface area contributed by atoms with Gasteiger partial charge in [-0.1, -0.05) is 12.1 Å². The number of hydrogen-bond acceptors (Lipinski definition) is 4. The van der Waals surface area contributed by atoms with Gasteiger partial charge in [-0.05, 0) is 35.9 Å². The molecule has 136 valence electrons. The van der Waals surface area contributed by atoms with E-state index >= 15 is 0 Å². The van der Waals surface area contributed by atoms with Crippen LogP contribution in [0, 0.1) is 5.82 Å². The molecule has 0 aliphatic carbocycles. The molecule has 0 saturated carbocycles. The molecule has 6 heteroatoms. The van der Waals surface area contributed by atoms with E-state index in [0.29, 0.717) is 18.1 Å². The number of benzene rings is 1. The number of aliphatic hydroxyl groups is 1. The summed E-state index contributed by atoms with van der Waals surface area (Å²) >= 11 is 0. The van der Waals surface area contributed by atoms with Crippen molar-refractivity contribution < 1.29 is 14.2 Å². The van der Waals surface area contributed by atoms with Crippen molar-refractivity contribution in [3.05, 3.63) is 78.0 Å². The number of methoxy groups -OCH3 is 1. The van der Waals surface area contributed by atoms with E-state index in [-0.39, 0.29) is 12.4 Å². The maximum absolute atomic E-state index is 13.6. The molecule has 0 aliphatic heterocycles. The largest absolute Gasteiger partial charge is 0.481 e. The van der Waals surface area contributed by atoms with Crippen LogP contribution in [0.5, 0.6) is 5.88 Å². The van der Waals surface area contributed by atoms with Crippen LogP contribution in [0.1, 0.15) is 11.3 Å². The maximum atomic E-state index is 13.6. The second-order valence-corrected chi connectivity index (χ2v) is 6.16. The highest BCUT2D eigenvalue weighted by Gasteiger charge is 2.19. The number of ether oxygens (including phenoxy) is 1. The lowest BCUT2D eigenvalue weighted by Gasteiger charge is -2.10. The molecule has 0 radical (unpaired) electrons. The highest BCUT2D eigenvalue weighted by molar-refractivity contribution is 5.96. The molecular formula is C21H18FN3O2. The number of nitrogens with zero attached hydrogens (tertiary/aromatic N) is 3. The Morgan fingerprint density at radius 2 is 2.00 bits per heavy atom.